The Hall–Kier alpha value is -2.21. The number of carbonyl (C=O) groups is 1. The molecule has 0 fully saturated rings. The van der Waals surface area contributed by atoms with Crippen molar-refractivity contribution in [2.24, 2.45) is 0 Å². The third-order valence-electron chi connectivity index (χ3n) is 3.28. The molecule has 2 N–H and O–H groups in total. The van der Waals surface area contributed by atoms with Crippen molar-refractivity contribution in [1.29, 1.82) is 0 Å². The van der Waals surface area contributed by atoms with Crippen LogP contribution in [0, 0.1) is 0 Å². The standard InChI is InChI=1S/C17H24N4O2/c1-13(2)23-11-5-9-18-16(22)8-10-19-17-14-6-3-4-7-15(14)20-12-21-17/h3-4,6-7,12-13H,5,8-11H2,1-2H3,(H,18,22)(H,19,20,21). The Bertz CT molecular complexity index is 626. The van der Waals surface area contributed by atoms with Gasteiger partial charge in [-0.2, -0.15) is 0 Å². The summed E-state index contributed by atoms with van der Waals surface area (Å²) in [6.45, 7) is 5.85. The number of benzene rings is 1. The molecule has 6 heteroatoms. The number of nitrogens with one attached hydrogen (secondary N) is 2. The Morgan fingerprint density at radius 1 is 1.22 bits per heavy atom. The zero-order valence-corrected chi connectivity index (χ0v) is 13.7. The van der Waals surface area contributed by atoms with Gasteiger partial charge in [-0.1, -0.05) is 12.1 Å². The Kier molecular flexibility index (Phi) is 6.75. The number of para-hydroxylation sites is 1. The fourth-order valence-electron chi connectivity index (χ4n) is 2.15. The number of hydrogen-bond donors (Lipinski definition) is 2. The lowest BCUT2D eigenvalue weighted by Gasteiger charge is -2.09. The molecule has 0 saturated carbocycles. The first kappa shape index (κ1) is 17.1. The number of carbonyl (C=O) groups excluding carboxylic acids is 1. The monoisotopic (exact) mass is 316 g/mol. The van der Waals surface area contributed by atoms with Crippen molar-refractivity contribution in [2.45, 2.75) is 32.8 Å². The van der Waals surface area contributed by atoms with Crippen molar-refractivity contribution in [3.63, 3.8) is 0 Å². The van der Waals surface area contributed by atoms with Crippen LogP contribution in [0.25, 0.3) is 10.9 Å². The zero-order chi connectivity index (χ0) is 16.5. The van der Waals surface area contributed by atoms with Crippen molar-refractivity contribution in [2.75, 3.05) is 25.0 Å². The van der Waals surface area contributed by atoms with Crippen molar-refractivity contribution in [3.05, 3.63) is 30.6 Å². The molecule has 124 valence electrons. The molecule has 2 aromatic rings. The Morgan fingerprint density at radius 3 is 2.87 bits per heavy atom. The first-order chi connectivity index (χ1) is 11.2. The third kappa shape index (κ3) is 5.83. The summed E-state index contributed by atoms with van der Waals surface area (Å²) >= 11 is 0. The van der Waals surface area contributed by atoms with E-state index in [4.69, 9.17) is 4.74 Å². The number of fused-ring (bicyclic) bond motifs is 1. The maximum absolute atomic E-state index is 11.8. The predicted molar refractivity (Wildman–Crippen MR) is 91.4 cm³/mol. The molecule has 0 aliphatic rings. The molecule has 2 rings (SSSR count). The van der Waals surface area contributed by atoms with Crippen molar-refractivity contribution in [1.82, 2.24) is 15.3 Å². The van der Waals surface area contributed by atoms with Gasteiger partial charge in [0.1, 0.15) is 12.1 Å². The average molecular weight is 316 g/mol. The molecule has 1 aromatic heterocycles. The lowest BCUT2D eigenvalue weighted by molar-refractivity contribution is -0.120. The van der Waals surface area contributed by atoms with E-state index in [2.05, 4.69) is 20.6 Å². The summed E-state index contributed by atoms with van der Waals surface area (Å²) in [5.41, 5.74) is 0.889. The van der Waals surface area contributed by atoms with Gasteiger partial charge < -0.3 is 15.4 Å². The molecule has 0 saturated heterocycles. The van der Waals surface area contributed by atoms with Gasteiger partial charge in [0.25, 0.3) is 0 Å². The first-order valence-electron chi connectivity index (χ1n) is 7.98. The van der Waals surface area contributed by atoms with Crippen molar-refractivity contribution in [3.8, 4) is 0 Å². The molecule has 0 bridgehead atoms. The molecule has 1 amide bonds. The number of amides is 1. The van der Waals surface area contributed by atoms with Crippen LogP contribution >= 0.6 is 0 Å². The molecule has 1 aromatic carbocycles. The number of anilines is 1. The minimum atomic E-state index is 0.0282. The summed E-state index contributed by atoms with van der Waals surface area (Å²) in [6, 6.07) is 7.79. The summed E-state index contributed by atoms with van der Waals surface area (Å²) < 4.78 is 5.43. The topological polar surface area (TPSA) is 76.1 Å². The number of hydrogen-bond acceptors (Lipinski definition) is 5. The van der Waals surface area contributed by atoms with Gasteiger partial charge >= 0.3 is 0 Å². The zero-order valence-electron chi connectivity index (χ0n) is 13.7. The molecule has 0 aliphatic carbocycles. The van der Waals surface area contributed by atoms with Crippen LogP contribution in [0.3, 0.4) is 0 Å². The summed E-state index contributed by atoms with van der Waals surface area (Å²) in [5.74, 6) is 0.786. The van der Waals surface area contributed by atoms with Crippen LogP contribution in [0.5, 0.6) is 0 Å². The maximum Gasteiger partial charge on any atom is 0.221 e. The molecule has 0 unspecified atom stereocenters. The van der Waals surface area contributed by atoms with E-state index in [1.165, 1.54) is 6.33 Å². The molecule has 0 spiro atoms. The van der Waals surface area contributed by atoms with E-state index < -0.39 is 0 Å². The first-order valence-corrected chi connectivity index (χ1v) is 7.98. The highest BCUT2D eigenvalue weighted by atomic mass is 16.5. The van der Waals surface area contributed by atoms with Crippen LogP contribution in [0.2, 0.25) is 0 Å². The quantitative estimate of drug-likeness (QED) is 0.695. The van der Waals surface area contributed by atoms with Gasteiger partial charge in [0, 0.05) is 31.5 Å². The highest BCUT2D eigenvalue weighted by Gasteiger charge is 2.04. The normalized spacial score (nSPS) is 10.9. The Labute approximate surface area is 136 Å². The molecule has 0 aliphatic heterocycles. The Balaban J connectivity index is 1.69. The van der Waals surface area contributed by atoms with Crippen LogP contribution in [0.1, 0.15) is 26.7 Å². The lowest BCUT2D eigenvalue weighted by atomic mass is 10.2. The SMILES string of the molecule is CC(C)OCCCNC(=O)CCNc1ncnc2ccccc12. The maximum atomic E-state index is 11.8. The molecular formula is C17H24N4O2. The highest BCUT2D eigenvalue weighted by Crippen LogP contribution is 2.17. The van der Waals surface area contributed by atoms with E-state index in [9.17, 15) is 4.79 Å². The van der Waals surface area contributed by atoms with Crippen LogP contribution in [-0.2, 0) is 9.53 Å². The fraction of sp³-hybridized carbons (Fsp3) is 0.471. The summed E-state index contributed by atoms with van der Waals surface area (Å²) in [4.78, 5) is 20.2. The van der Waals surface area contributed by atoms with Gasteiger partial charge in [-0.3, -0.25) is 4.79 Å². The minimum Gasteiger partial charge on any atom is -0.379 e. The van der Waals surface area contributed by atoms with E-state index in [1.54, 1.807) is 0 Å². The van der Waals surface area contributed by atoms with E-state index in [0.717, 1.165) is 23.1 Å². The summed E-state index contributed by atoms with van der Waals surface area (Å²) in [5, 5.41) is 7.05. The fourth-order valence-corrected chi connectivity index (χ4v) is 2.15. The largest absolute Gasteiger partial charge is 0.379 e. The van der Waals surface area contributed by atoms with E-state index in [1.807, 2.05) is 38.1 Å². The van der Waals surface area contributed by atoms with Crippen LogP contribution in [0.15, 0.2) is 30.6 Å². The highest BCUT2D eigenvalue weighted by molar-refractivity contribution is 5.88. The second-order valence-electron chi connectivity index (χ2n) is 5.54. The van der Waals surface area contributed by atoms with E-state index >= 15 is 0 Å². The average Bonchev–Trinajstić information content (AvgIpc) is 2.54. The smallest absolute Gasteiger partial charge is 0.221 e. The van der Waals surface area contributed by atoms with Gasteiger partial charge in [-0.15, -0.1) is 0 Å². The van der Waals surface area contributed by atoms with Gasteiger partial charge in [0.2, 0.25) is 5.91 Å². The molecule has 23 heavy (non-hydrogen) atoms. The van der Waals surface area contributed by atoms with Crippen molar-refractivity contribution >= 4 is 22.6 Å². The van der Waals surface area contributed by atoms with Crippen LogP contribution in [0.4, 0.5) is 5.82 Å². The second-order valence-corrected chi connectivity index (χ2v) is 5.54. The minimum absolute atomic E-state index is 0.0282. The molecule has 6 nitrogen and oxygen atoms in total. The van der Waals surface area contributed by atoms with Gasteiger partial charge in [0.05, 0.1) is 11.6 Å². The van der Waals surface area contributed by atoms with Crippen LogP contribution in [-0.4, -0.2) is 41.7 Å². The number of aromatic nitrogens is 2. The predicted octanol–water partition coefficient (Wildman–Crippen LogP) is 2.36. The summed E-state index contributed by atoms with van der Waals surface area (Å²) in [6.07, 6.45) is 2.99. The number of rotatable bonds is 9. The molecular weight excluding hydrogens is 292 g/mol. The van der Waals surface area contributed by atoms with E-state index in [-0.39, 0.29) is 12.0 Å². The summed E-state index contributed by atoms with van der Waals surface area (Å²) in [7, 11) is 0. The van der Waals surface area contributed by atoms with Gasteiger partial charge in [-0.05, 0) is 32.4 Å². The van der Waals surface area contributed by atoms with Crippen LogP contribution < -0.4 is 10.6 Å². The molecule has 1 heterocycles. The van der Waals surface area contributed by atoms with Gasteiger partial charge in [0.15, 0.2) is 0 Å². The molecule has 0 atom stereocenters. The Morgan fingerprint density at radius 2 is 2.04 bits per heavy atom. The van der Waals surface area contributed by atoms with Gasteiger partial charge in [-0.25, -0.2) is 9.97 Å². The number of nitrogens with zero attached hydrogens (tertiary/aromatic N) is 2. The third-order valence-corrected chi connectivity index (χ3v) is 3.28. The van der Waals surface area contributed by atoms with E-state index in [0.29, 0.717) is 26.1 Å². The van der Waals surface area contributed by atoms with Crippen molar-refractivity contribution < 1.29 is 9.53 Å². The lowest BCUT2D eigenvalue weighted by Crippen LogP contribution is -2.27. The number of ether oxygens (including phenoxy) is 1. The molecule has 0 radical (unpaired) electrons. The second kappa shape index (κ2) is 9.05.